The molecule has 0 aromatic heterocycles. The maximum Gasteiger partial charge on any atom is 0.109 e. The van der Waals surface area contributed by atoms with Gasteiger partial charge in [-0.25, -0.2) is 0 Å². The monoisotopic (exact) mass is 152 g/mol. The normalized spacial score (nSPS) is 35.2. The second-order valence-corrected chi connectivity index (χ2v) is 4.67. The molecule has 52 valence electrons. The van der Waals surface area contributed by atoms with Gasteiger partial charge in [-0.1, -0.05) is 0 Å². The third-order valence-corrected chi connectivity index (χ3v) is 3.24. The topological polar surface area (TPSA) is 47.6 Å². The molecule has 0 spiro atoms. The summed E-state index contributed by atoms with van der Waals surface area (Å²) in [6.45, 7) is 4.00. The molecule has 0 aliphatic carbocycles. The number of nitriles is 2. The van der Waals surface area contributed by atoms with Crippen LogP contribution in [0.15, 0.2) is 0 Å². The predicted octanol–water partition coefficient (Wildman–Crippen LogP) is 1.54. The highest BCUT2D eigenvalue weighted by molar-refractivity contribution is 8.02. The molecular weight excluding hydrogens is 144 g/mol. The summed E-state index contributed by atoms with van der Waals surface area (Å²) in [4.78, 5) is 0. The molecule has 0 aromatic carbocycles. The van der Waals surface area contributed by atoms with Crippen molar-refractivity contribution >= 4 is 11.8 Å². The van der Waals surface area contributed by atoms with Crippen molar-refractivity contribution in [1.29, 1.82) is 10.5 Å². The van der Waals surface area contributed by atoms with Crippen molar-refractivity contribution in [2.75, 3.05) is 0 Å². The molecule has 1 heterocycles. The van der Waals surface area contributed by atoms with Crippen LogP contribution < -0.4 is 0 Å². The van der Waals surface area contributed by atoms with Crippen molar-refractivity contribution in [2.45, 2.75) is 23.8 Å². The third-order valence-electron chi connectivity index (χ3n) is 1.75. The minimum atomic E-state index is -0.0972. The first kappa shape index (κ1) is 7.44. The SMILES string of the molecule is CC1(C)S[C@H](C#N)[C@H]1C#N. The molecule has 3 heteroatoms. The Balaban J connectivity index is 2.68. The molecule has 0 aromatic rings. The summed E-state index contributed by atoms with van der Waals surface area (Å²) in [5.74, 6) is -0.0810. The van der Waals surface area contributed by atoms with E-state index in [2.05, 4.69) is 12.1 Å². The summed E-state index contributed by atoms with van der Waals surface area (Å²) in [5.41, 5.74) is 0. The molecule has 1 aliphatic rings. The van der Waals surface area contributed by atoms with E-state index >= 15 is 0 Å². The van der Waals surface area contributed by atoms with Gasteiger partial charge in [0.1, 0.15) is 5.25 Å². The first-order valence-corrected chi connectivity index (χ1v) is 3.97. The zero-order valence-corrected chi connectivity index (χ0v) is 6.77. The van der Waals surface area contributed by atoms with Crippen LogP contribution in [0, 0.1) is 28.6 Å². The van der Waals surface area contributed by atoms with Crippen LogP contribution in [-0.4, -0.2) is 10.00 Å². The highest BCUT2D eigenvalue weighted by Gasteiger charge is 2.48. The van der Waals surface area contributed by atoms with Crippen molar-refractivity contribution in [3.05, 3.63) is 0 Å². The third kappa shape index (κ3) is 0.874. The Morgan fingerprint density at radius 2 is 1.90 bits per heavy atom. The van der Waals surface area contributed by atoms with E-state index in [1.54, 1.807) is 11.8 Å². The molecule has 1 fully saturated rings. The summed E-state index contributed by atoms with van der Waals surface area (Å²) >= 11 is 1.58. The Bertz CT molecular complexity index is 221. The summed E-state index contributed by atoms with van der Waals surface area (Å²) < 4.78 is -0.00481. The number of hydrogen-bond acceptors (Lipinski definition) is 3. The first-order valence-electron chi connectivity index (χ1n) is 3.09. The second kappa shape index (κ2) is 2.18. The summed E-state index contributed by atoms with van der Waals surface area (Å²) in [6.07, 6.45) is 0. The van der Waals surface area contributed by atoms with E-state index in [4.69, 9.17) is 10.5 Å². The van der Waals surface area contributed by atoms with Gasteiger partial charge in [0.05, 0.1) is 18.1 Å². The highest BCUT2D eigenvalue weighted by atomic mass is 32.2. The van der Waals surface area contributed by atoms with Crippen molar-refractivity contribution in [3.8, 4) is 12.1 Å². The number of rotatable bonds is 0. The standard InChI is InChI=1S/C7H8N2S/c1-7(2)5(3-8)6(4-9)10-7/h5-6H,1-2H3/t5-,6-/m1/s1. The van der Waals surface area contributed by atoms with Gasteiger partial charge in [-0.05, 0) is 13.8 Å². The summed E-state index contributed by atoms with van der Waals surface area (Å²) in [6, 6.07) is 4.25. The lowest BCUT2D eigenvalue weighted by molar-refractivity contribution is 0.491. The zero-order valence-electron chi connectivity index (χ0n) is 5.96. The minimum absolute atomic E-state index is 0.00481. The Morgan fingerprint density at radius 3 is 2.10 bits per heavy atom. The van der Waals surface area contributed by atoms with Crippen LogP contribution in [0.25, 0.3) is 0 Å². The van der Waals surface area contributed by atoms with E-state index in [9.17, 15) is 0 Å². The van der Waals surface area contributed by atoms with Gasteiger partial charge >= 0.3 is 0 Å². The molecule has 0 amide bonds. The highest BCUT2D eigenvalue weighted by Crippen LogP contribution is 2.50. The number of hydrogen-bond donors (Lipinski definition) is 0. The van der Waals surface area contributed by atoms with E-state index < -0.39 is 0 Å². The Hall–Kier alpha value is -0.670. The van der Waals surface area contributed by atoms with E-state index in [1.165, 1.54) is 0 Å². The number of thioether (sulfide) groups is 1. The molecule has 0 unspecified atom stereocenters. The first-order chi connectivity index (χ1) is 4.61. The molecule has 10 heavy (non-hydrogen) atoms. The van der Waals surface area contributed by atoms with Crippen molar-refractivity contribution in [3.63, 3.8) is 0 Å². The van der Waals surface area contributed by atoms with Gasteiger partial charge < -0.3 is 0 Å². The second-order valence-electron chi connectivity index (χ2n) is 2.88. The lowest BCUT2D eigenvalue weighted by Gasteiger charge is -2.43. The molecule has 1 saturated heterocycles. The van der Waals surface area contributed by atoms with E-state index in [-0.39, 0.29) is 15.9 Å². The van der Waals surface area contributed by atoms with Crippen molar-refractivity contribution < 1.29 is 0 Å². The number of nitrogens with zero attached hydrogens (tertiary/aromatic N) is 2. The van der Waals surface area contributed by atoms with Crippen LogP contribution in [0.2, 0.25) is 0 Å². The minimum Gasteiger partial charge on any atom is -0.198 e. The summed E-state index contributed by atoms with van der Waals surface area (Å²) in [7, 11) is 0. The smallest absolute Gasteiger partial charge is 0.109 e. The van der Waals surface area contributed by atoms with Crippen LogP contribution in [0.3, 0.4) is 0 Å². The molecule has 1 rings (SSSR count). The zero-order chi connectivity index (χ0) is 7.78. The van der Waals surface area contributed by atoms with Gasteiger partial charge in [0.15, 0.2) is 0 Å². The quantitative estimate of drug-likeness (QED) is 0.529. The lowest BCUT2D eigenvalue weighted by Crippen LogP contribution is -2.45. The molecule has 0 radical (unpaired) electrons. The van der Waals surface area contributed by atoms with Crippen molar-refractivity contribution in [2.24, 2.45) is 5.92 Å². The molecule has 1 aliphatic heterocycles. The fraction of sp³-hybridized carbons (Fsp3) is 0.714. The maximum absolute atomic E-state index is 8.61. The molecular formula is C7H8N2S. The average Bonchev–Trinajstić information content (AvgIpc) is 1.84. The Kier molecular flexibility index (Phi) is 1.62. The van der Waals surface area contributed by atoms with Gasteiger partial charge in [-0.3, -0.25) is 0 Å². The van der Waals surface area contributed by atoms with Gasteiger partial charge in [-0.2, -0.15) is 10.5 Å². The molecule has 0 N–H and O–H groups in total. The van der Waals surface area contributed by atoms with Crippen LogP contribution in [0.4, 0.5) is 0 Å². The van der Waals surface area contributed by atoms with Gasteiger partial charge in [0.2, 0.25) is 0 Å². The molecule has 2 atom stereocenters. The fourth-order valence-electron chi connectivity index (χ4n) is 1.08. The Labute approximate surface area is 64.8 Å². The van der Waals surface area contributed by atoms with Crippen LogP contribution >= 0.6 is 11.8 Å². The van der Waals surface area contributed by atoms with E-state index in [1.807, 2.05) is 13.8 Å². The van der Waals surface area contributed by atoms with Crippen LogP contribution in [0.5, 0.6) is 0 Å². The lowest BCUT2D eigenvalue weighted by atomic mass is 9.91. The van der Waals surface area contributed by atoms with Crippen LogP contribution in [0.1, 0.15) is 13.8 Å². The van der Waals surface area contributed by atoms with Crippen LogP contribution in [-0.2, 0) is 0 Å². The van der Waals surface area contributed by atoms with Gasteiger partial charge in [-0.15, -0.1) is 11.8 Å². The van der Waals surface area contributed by atoms with Crippen molar-refractivity contribution in [1.82, 2.24) is 0 Å². The van der Waals surface area contributed by atoms with Gasteiger partial charge in [0, 0.05) is 4.75 Å². The predicted molar refractivity (Wildman–Crippen MR) is 40.2 cm³/mol. The van der Waals surface area contributed by atoms with E-state index in [0.29, 0.717) is 0 Å². The van der Waals surface area contributed by atoms with E-state index in [0.717, 1.165) is 0 Å². The maximum atomic E-state index is 8.61. The Morgan fingerprint density at radius 1 is 1.30 bits per heavy atom. The largest absolute Gasteiger partial charge is 0.198 e. The summed E-state index contributed by atoms with van der Waals surface area (Å²) in [5, 5.41) is 17.0. The molecule has 2 nitrogen and oxygen atoms in total. The molecule has 0 bridgehead atoms. The average molecular weight is 152 g/mol. The van der Waals surface area contributed by atoms with Gasteiger partial charge in [0.25, 0.3) is 0 Å². The fourth-order valence-corrected chi connectivity index (χ4v) is 2.44. The molecule has 0 saturated carbocycles.